The number of phenols is 1. The van der Waals surface area contributed by atoms with Crippen molar-refractivity contribution in [2.45, 2.75) is 0 Å². The maximum atomic E-state index is 12.9. The summed E-state index contributed by atoms with van der Waals surface area (Å²) in [6, 6.07) is 14.5. The number of nitrogens with two attached hydrogens (primary N) is 1. The molecule has 1 aliphatic carbocycles. The summed E-state index contributed by atoms with van der Waals surface area (Å²) in [6.45, 7) is 0. The SMILES string of the molecule is Nc1cc(Oc2ccccc2)c(O)c2c1C(=O)c1ccc(Cl)cc1C2=O. The largest absolute Gasteiger partial charge is 0.504 e. The van der Waals surface area contributed by atoms with Crippen LogP contribution in [0.2, 0.25) is 5.02 Å². The van der Waals surface area contributed by atoms with Crippen molar-refractivity contribution in [3.63, 3.8) is 0 Å². The molecule has 0 aromatic heterocycles. The number of ketones is 2. The molecule has 0 atom stereocenters. The minimum absolute atomic E-state index is 0.000854. The van der Waals surface area contributed by atoms with Crippen LogP contribution in [0.5, 0.6) is 17.2 Å². The van der Waals surface area contributed by atoms with E-state index >= 15 is 0 Å². The van der Waals surface area contributed by atoms with Gasteiger partial charge in [-0.15, -0.1) is 0 Å². The van der Waals surface area contributed by atoms with E-state index in [4.69, 9.17) is 22.1 Å². The molecule has 128 valence electrons. The fraction of sp³-hybridized carbons (Fsp3) is 0. The number of para-hydroxylation sites is 1. The van der Waals surface area contributed by atoms with Crippen LogP contribution in [-0.2, 0) is 0 Å². The average molecular weight is 366 g/mol. The van der Waals surface area contributed by atoms with Crippen LogP contribution in [0, 0.1) is 0 Å². The summed E-state index contributed by atoms with van der Waals surface area (Å²) in [7, 11) is 0. The van der Waals surface area contributed by atoms with E-state index in [0.717, 1.165) is 0 Å². The molecular weight excluding hydrogens is 354 g/mol. The van der Waals surface area contributed by atoms with Gasteiger partial charge in [0.05, 0.1) is 11.1 Å². The number of ether oxygens (including phenoxy) is 1. The highest BCUT2D eigenvalue weighted by molar-refractivity contribution is 6.34. The zero-order valence-corrected chi connectivity index (χ0v) is 14.1. The molecule has 0 saturated heterocycles. The first kappa shape index (κ1) is 16.2. The van der Waals surface area contributed by atoms with Gasteiger partial charge in [0.25, 0.3) is 0 Å². The summed E-state index contributed by atoms with van der Waals surface area (Å²) in [5.74, 6) is -0.938. The van der Waals surface area contributed by atoms with Crippen molar-refractivity contribution in [2.75, 3.05) is 5.73 Å². The second kappa shape index (κ2) is 5.89. The highest BCUT2D eigenvalue weighted by Gasteiger charge is 2.35. The molecule has 3 aromatic rings. The first-order chi connectivity index (χ1) is 12.5. The van der Waals surface area contributed by atoms with E-state index in [1.54, 1.807) is 24.3 Å². The van der Waals surface area contributed by atoms with Crippen molar-refractivity contribution in [2.24, 2.45) is 0 Å². The summed E-state index contributed by atoms with van der Waals surface area (Å²) < 4.78 is 5.63. The Hall–Kier alpha value is -3.31. The normalized spacial score (nSPS) is 12.5. The first-order valence-electron chi connectivity index (χ1n) is 7.74. The van der Waals surface area contributed by atoms with Crippen molar-refractivity contribution in [3.8, 4) is 17.2 Å². The van der Waals surface area contributed by atoms with Gasteiger partial charge in [0.2, 0.25) is 0 Å². The van der Waals surface area contributed by atoms with Crippen molar-refractivity contribution in [1.29, 1.82) is 0 Å². The van der Waals surface area contributed by atoms with Crippen LogP contribution >= 0.6 is 11.6 Å². The Morgan fingerprint density at radius 1 is 0.885 bits per heavy atom. The molecule has 5 nitrogen and oxygen atoms in total. The minimum Gasteiger partial charge on any atom is -0.504 e. The van der Waals surface area contributed by atoms with Gasteiger partial charge in [0, 0.05) is 27.9 Å². The molecule has 3 N–H and O–H groups in total. The number of carbonyl (C=O) groups excluding carboxylic acids is 2. The quantitative estimate of drug-likeness (QED) is 0.410. The number of aromatic hydroxyl groups is 1. The second-order valence-corrected chi connectivity index (χ2v) is 6.26. The summed E-state index contributed by atoms with van der Waals surface area (Å²) in [6.07, 6.45) is 0. The van der Waals surface area contributed by atoms with Gasteiger partial charge in [-0.3, -0.25) is 9.59 Å². The Morgan fingerprint density at radius 3 is 2.31 bits per heavy atom. The smallest absolute Gasteiger partial charge is 0.198 e. The molecule has 26 heavy (non-hydrogen) atoms. The fourth-order valence-electron chi connectivity index (χ4n) is 3.00. The first-order valence-corrected chi connectivity index (χ1v) is 8.12. The van der Waals surface area contributed by atoms with Gasteiger partial charge in [-0.25, -0.2) is 0 Å². The van der Waals surface area contributed by atoms with Gasteiger partial charge in [0.15, 0.2) is 23.1 Å². The molecule has 1 aliphatic rings. The van der Waals surface area contributed by atoms with E-state index in [9.17, 15) is 14.7 Å². The number of benzene rings is 3. The van der Waals surface area contributed by atoms with Crippen molar-refractivity contribution in [3.05, 3.63) is 81.9 Å². The van der Waals surface area contributed by atoms with Crippen LogP contribution in [0.1, 0.15) is 31.8 Å². The monoisotopic (exact) mass is 365 g/mol. The number of halogens is 1. The lowest BCUT2D eigenvalue weighted by Crippen LogP contribution is -2.22. The van der Waals surface area contributed by atoms with Gasteiger partial charge >= 0.3 is 0 Å². The summed E-state index contributed by atoms with van der Waals surface area (Å²) in [5, 5.41) is 10.9. The molecule has 0 heterocycles. The molecule has 0 spiro atoms. The van der Waals surface area contributed by atoms with E-state index in [1.165, 1.54) is 24.3 Å². The van der Waals surface area contributed by atoms with Gasteiger partial charge in [-0.05, 0) is 30.3 Å². The predicted octanol–water partition coefficient (Wildman–Crippen LogP) is 4.20. The Morgan fingerprint density at radius 2 is 1.58 bits per heavy atom. The van der Waals surface area contributed by atoms with Crippen molar-refractivity contribution >= 4 is 28.9 Å². The van der Waals surface area contributed by atoms with E-state index in [-0.39, 0.29) is 33.7 Å². The number of phenolic OH excluding ortho intramolecular Hbond substituents is 1. The third-order valence-electron chi connectivity index (χ3n) is 4.19. The Kier molecular flexibility index (Phi) is 3.67. The predicted molar refractivity (Wildman–Crippen MR) is 97.4 cm³/mol. The van der Waals surface area contributed by atoms with E-state index < -0.39 is 17.3 Å². The van der Waals surface area contributed by atoms with Crippen LogP contribution < -0.4 is 10.5 Å². The highest BCUT2D eigenvalue weighted by atomic mass is 35.5. The van der Waals surface area contributed by atoms with Gasteiger partial charge in [-0.1, -0.05) is 29.8 Å². The molecule has 0 amide bonds. The fourth-order valence-corrected chi connectivity index (χ4v) is 3.17. The standard InChI is InChI=1S/C20H12ClNO4/c21-10-6-7-12-13(8-10)19(24)17-16(18(12)23)14(22)9-15(20(17)25)26-11-4-2-1-3-5-11/h1-9,25H,22H2. The molecule has 6 heteroatoms. The number of rotatable bonds is 2. The number of fused-ring (bicyclic) bond motifs is 2. The Labute approximate surface area is 153 Å². The zero-order chi connectivity index (χ0) is 18.4. The third-order valence-corrected chi connectivity index (χ3v) is 4.43. The van der Waals surface area contributed by atoms with Gasteiger partial charge < -0.3 is 15.6 Å². The lowest BCUT2D eigenvalue weighted by atomic mass is 9.82. The van der Waals surface area contributed by atoms with Crippen molar-refractivity contribution in [1.82, 2.24) is 0 Å². The Balaban J connectivity index is 1.90. The van der Waals surface area contributed by atoms with Crippen LogP contribution in [-0.4, -0.2) is 16.7 Å². The molecule has 4 rings (SSSR count). The number of carbonyl (C=O) groups is 2. The number of anilines is 1. The molecule has 0 unspecified atom stereocenters. The molecule has 0 aliphatic heterocycles. The molecule has 0 bridgehead atoms. The van der Waals surface area contributed by atoms with E-state index in [0.29, 0.717) is 10.8 Å². The third kappa shape index (κ3) is 2.41. The number of hydrogen-bond donors (Lipinski definition) is 2. The van der Waals surface area contributed by atoms with E-state index in [1.807, 2.05) is 6.07 Å². The Bertz CT molecular complexity index is 1080. The summed E-state index contributed by atoms with van der Waals surface area (Å²) in [5.41, 5.74) is 6.21. The van der Waals surface area contributed by atoms with Crippen LogP contribution in [0.3, 0.4) is 0 Å². The molecular formula is C20H12ClNO4. The average Bonchev–Trinajstić information content (AvgIpc) is 2.63. The summed E-state index contributed by atoms with van der Waals surface area (Å²) in [4.78, 5) is 25.7. The maximum Gasteiger partial charge on any atom is 0.198 e. The van der Waals surface area contributed by atoms with Crippen LogP contribution in [0.4, 0.5) is 5.69 Å². The van der Waals surface area contributed by atoms with Crippen LogP contribution in [0.15, 0.2) is 54.6 Å². The minimum atomic E-state index is -0.528. The maximum absolute atomic E-state index is 12.9. The van der Waals surface area contributed by atoms with Crippen molar-refractivity contribution < 1.29 is 19.4 Å². The molecule has 0 saturated carbocycles. The lowest BCUT2D eigenvalue weighted by Gasteiger charge is -2.21. The topological polar surface area (TPSA) is 89.6 Å². The second-order valence-electron chi connectivity index (χ2n) is 5.83. The number of nitrogen functional groups attached to an aromatic ring is 1. The van der Waals surface area contributed by atoms with Crippen LogP contribution in [0.25, 0.3) is 0 Å². The van der Waals surface area contributed by atoms with Gasteiger partial charge in [-0.2, -0.15) is 0 Å². The van der Waals surface area contributed by atoms with E-state index in [2.05, 4.69) is 0 Å². The van der Waals surface area contributed by atoms with Gasteiger partial charge in [0.1, 0.15) is 5.75 Å². The lowest BCUT2D eigenvalue weighted by molar-refractivity contribution is 0.0977. The molecule has 3 aromatic carbocycles. The molecule has 0 radical (unpaired) electrons. The molecule has 0 fully saturated rings. The summed E-state index contributed by atoms with van der Waals surface area (Å²) >= 11 is 5.95. The number of hydrogen-bond acceptors (Lipinski definition) is 5. The highest BCUT2D eigenvalue weighted by Crippen LogP contribution is 2.43. The zero-order valence-electron chi connectivity index (χ0n) is 13.3.